The van der Waals surface area contributed by atoms with E-state index in [1.165, 1.54) is 5.32 Å². The highest BCUT2D eigenvalue weighted by Gasteiger charge is 2.91. The van der Waals surface area contributed by atoms with Gasteiger partial charge in [-0.05, 0) is 6.92 Å². The van der Waals surface area contributed by atoms with E-state index in [2.05, 4.69) is 16.1 Å². The summed E-state index contributed by atoms with van der Waals surface area (Å²) in [5.41, 5.74) is 0. The molecule has 0 bridgehead atoms. The van der Waals surface area contributed by atoms with Crippen LogP contribution in [0.25, 0.3) is 0 Å². The average molecular weight is 477 g/mol. The molecule has 0 heterocycles. The molecule has 0 rings (SSSR count). The second kappa shape index (κ2) is 9.06. The highest BCUT2D eigenvalue weighted by atomic mass is 19.4. The van der Waals surface area contributed by atoms with Crippen molar-refractivity contribution in [1.29, 1.82) is 0 Å². The maximum atomic E-state index is 14.3. The van der Waals surface area contributed by atoms with Gasteiger partial charge in [0.1, 0.15) is 12.8 Å². The topological polar surface area (TPSA) is 30.5 Å². The van der Waals surface area contributed by atoms with Gasteiger partial charge in [0.05, 0.1) is 6.10 Å². The Kier molecular flexibility index (Phi) is 8.67. The van der Waals surface area contributed by atoms with Crippen molar-refractivity contribution in [2.24, 2.45) is 0 Å². The predicted octanol–water partition coefficient (Wildman–Crippen LogP) is 4.88. The van der Waals surface area contributed by atoms with Crippen molar-refractivity contribution < 1.29 is 66.5 Å². The molecule has 0 aromatic heterocycles. The molecule has 0 saturated carbocycles. The molecule has 0 aliphatic rings. The van der Waals surface area contributed by atoms with Crippen LogP contribution in [0.15, 0.2) is 12.7 Å². The molecule has 0 unspecified atom stereocenters. The molecule has 2 atom stereocenters. The van der Waals surface area contributed by atoms with Crippen LogP contribution in [0.4, 0.5) is 57.1 Å². The number of hydrogen-bond donors (Lipinski definition) is 1. The lowest BCUT2D eigenvalue weighted by Crippen LogP contribution is -2.73. The van der Waals surface area contributed by atoms with Gasteiger partial charge in [-0.2, -0.15) is 57.1 Å². The second-order valence-corrected chi connectivity index (χ2v) is 5.87. The van der Waals surface area contributed by atoms with Gasteiger partial charge in [0.25, 0.3) is 0 Å². The highest BCUT2D eigenvalue weighted by molar-refractivity contribution is 5.13. The Hall–Kier alpha value is -1.29. The molecule has 0 fully saturated rings. The van der Waals surface area contributed by atoms with Crippen LogP contribution in [-0.4, -0.2) is 68.4 Å². The summed E-state index contributed by atoms with van der Waals surface area (Å²) in [5, 5.41) is 1.50. The zero-order valence-electron chi connectivity index (χ0n) is 15.1. The molecule has 0 aromatic rings. The minimum atomic E-state index is -7.95. The van der Waals surface area contributed by atoms with Crippen molar-refractivity contribution in [3.05, 3.63) is 12.7 Å². The lowest BCUT2D eigenvalue weighted by molar-refractivity contribution is -0.442. The number of methoxy groups -OCH3 is 1. The SMILES string of the molecule is C=CCN[C@H]([C@H](C)OCOC)C(F)(F)C(F)(F)C(F)(F)C(F)(F)C(F)(F)C(F)(F)F. The first-order valence-electron chi connectivity index (χ1n) is 7.59. The molecule has 0 aliphatic heterocycles. The average Bonchev–Trinajstić information content (AvgIpc) is 2.58. The standard InChI is InChI=1S/C14H16F13NO2/c1-4-5-28-8(7(2)30-6-29-3)9(15,16)10(17,18)11(19,20)12(21,22)13(23,24)14(25,26)27/h4,7-8,28H,1,5-6H2,2-3H3/t7-,8+/m0/s1. The van der Waals surface area contributed by atoms with Crippen LogP contribution in [0.1, 0.15) is 6.92 Å². The Labute approximate surface area is 161 Å². The van der Waals surface area contributed by atoms with Crippen LogP contribution in [0.3, 0.4) is 0 Å². The molecule has 0 aliphatic carbocycles. The fourth-order valence-electron chi connectivity index (χ4n) is 2.05. The summed E-state index contributed by atoms with van der Waals surface area (Å²) in [4.78, 5) is 0. The summed E-state index contributed by atoms with van der Waals surface area (Å²) in [5.74, 6) is -37.3. The van der Waals surface area contributed by atoms with Gasteiger partial charge in [-0.3, -0.25) is 0 Å². The van der Waals surface area contributed by atoms with Gasteiger partial charge in [-0.15, -0.1) is 6.58 Å². The first kappa shape index (κ1) is 28.7. The summed E-state index contributed by atoms with van der Waals surface area (Å²) in [6, 6.07) is -3.28. The minimum Gasteiger partial charge on any atom is -0.359 e. The fraction of sp³-hybridized carbons (Fsp3) is 0.857. The molecule has 1 N–H and O–H groups in total. The predicted molar refractivity (Wildman–Crippen MR) is 75.2 cm³/mol. The number of alkyl halides is 13. The Balaban J connectivity index is 6.43. The van der Waals surface area contributed by atoms with Gasteiger partial charge in [0.15, 0.2) is 0 Å². The van der Waals surface area contributed by atoms with Gasteiger partial charge >= 0.3 is 35.8 Å². The van der Waals surface area contributed by atoms with Crippen molar-refractivity contribution in [3.63, 3.8) is 0 Å². The van der Waals surface area contributed by atoms with E-state index in [-0.39, 0.29) is 0 Å². The van der Waals surface area contributed by atoms with Crippen molar-refractivity contribution in [3.8, 4) is 0 Å². The molecule has 0 amide bonds. The van der Waals surface area contributed by atoms with Crippen LogP contribution in [0.2, 0.25) is 0 Å². The maximum absolute atomic E-state index is 14.3. The third-order valence-electron chi connectivity index (χ3n) is 3.75. The Morgan fingerprint density at radius 3 is 1.60 bits per heavy atom. The summed E-state index contributed by atoms with van der Waals surface area (Å²) in [6.07, 6.45) is -8.92. The van der Waals surface area contributed by atoms with Crippen LogP contribution in [0.5, 0.6) is 0 Å². The van der Waals surface area contributed by atoms with Crippen LogP contribution < -0.4 is 5.32 Å². The van der Waals surface area contributed by atoms with Crippen molar-refractivity contribution in [2.45, 2.75) is 54.9 Å². The van der Waals surface area contributed by atoms with Gasteiger partial charge in [-0.1, -0.05) is 6.08 Å². The van der Waals surface area contributed by atoms with Gasteiger partial charge in [0, 0.05) is 13.7 Å². The second-order valence-electron chi connectivity index (χ2n) is 5.87. The van der Waals surface area contributed by atoms with E-state index in [9.17, 15) is 57.1 Å². The monoisotopic (exact) mass is 477 g/mol. The smallest absolute Gasteiger partial charge is 0.359 e. The van der Waals surface area contributed by atoms with Crippen molar-refractivity contribution >= 4 is 0 Å². The molecule has 0 spiro atoms. The molecular weight excluding hydrogens is 461 g/mol. The fourth-order valence-corrected chi connectivity index (χ4v) is 2.05. The summed E-state index contributed by atoms with van der Waals surface area (Å²) >= 11 is 0. The van der Waals surface area contributed by atoms with E-state index in [1.54, 1.807) is 0 Å². The Morgan fingerprint density at radius 2 is 1.23 bits per heavy atom. The Morgan fingerprint density at radius 1 is 0.800 bits per heavy atom. The quantitative estimate of drug-likeness (QED) is 0.247. The molecule has 180 valence electrons. The van der Waals surface area contributed by atoms with E-state index < -0.39 is 61.3 Å². The molecule has 30 heavy (non-hydrogen) atoms. The van der Waals surface area contributed by atoms with Crippen LogP contribution in [0, 0.1) is 0 Å². The summed E-state index contributed by atoms with van der Waals surface area (Å²) in [6.45, 7) is 1.86. The molecule has 0 radical (unpaired) electrons. The van der Waals surface area contributed by atoms with E-state index in [4.69, 9.17) is 0 Å². The van der Waals surface area contributed by atoms with E-state index >= 15 is 0 Å². The van der Waals surface area contributed by atoms with Gasteiger partial charge in [-0.25, -0.2) is 0 Å². The van der Waals surface area contributed by atoms with E-state index in [0.717, 1.165) is 13.2 Å². The third kappa shape index (κ3) is 4.64. The first-order chi connectivity index (χ1) is 13.2. The molecule has 0 saturated heterocycles. The lowest BCUT2D eigenvalue weighted by atomic mass is 9.89. The minimum absolute atomic E-state index is 0.574. The molecule has 16 heteroatoms. The normalized spacial score (nSPS) is 17.0. The number of ether oxygens (including phenoxy) is 2. The van der Waals surface area contributed by atoms with Gasteiger partial charge in [0.2, 0.25) is 0 Å². The molecular formula is C14H16F13NO2. The summed E-state index contributed by atoms with van der Waals surface area (Å²) in [7, 11) is 0.930. The zero-order chi connectivity index (χ0) is 24.4. The number of hydrogen-bond acceptors (Lipinski definition) is 3. The zero-order valence-corrected chi connectivity index (χ0v) is 15.1. The molecule has 3 nitrogen and oxygen atoms in total. The maximum Gasteiger partial charge on any atom is 0.460 e. The third-order valence-corrected chi connectivity index (χ3v) is 3.75. The van der Waals surface area contributed by atoms with Crippen molar-refractivity contribution in [2.75, 3.05) is 20.4 Å². The highest BCUT2D eigenvalue weighted by Crippen LogP contribution is 2.60. The largest absolute Gasteiger partial charge is 0.460 e. The number of nitrogens with one attached hydrogen (secondary N) is 1. The Bertz CT molecular complexity index is 577. The first-order valence-corrected chi connectivity index (χ1v) is 7.59. The lowest BCUT2D eigenvalue weighted by Gasteiger charge is -2.43. The summed E-state index contributed by atoms with van der Waals surface area (Å²) < 4.78 is 181. The number of rotatable bonds is 12. The molecule has 0 aromatic carbocycles. The van der Waals surface area contributed by atoms with E-state index in [1.807, 2.05) is 0 Å². The van der Waals surface area contributed by atoms with Crippen LogP contribution in [-0.2, 0) is 9.47 Å². The van der Waals surface area contributed by atoms with Crippen molar-refractivity contribution in [1.82, 2.24) is 5.32 Å². The van der Waals surface area contributed by atoms with Gasteiger partial charge < -0.3 is 14.8 Å². The number of halogens is 13. The van der Waals surface area contributed by atoms with E-state index in [0.29, 0.717) is 6.92 Å². The van der Waals surface area contributed by atoms with Crippen LogP contribution >= 0.6 is 0 Å².